The second kappa shape index (κ2) is 8.37. The molecule has 2 aromatic rings. The van der Waals surface area contributed by atoms with Crippen molar-refractivity contribution in [3.63, 3.8) is 0 Å². The number of carbonyl (C=O) groups is 1. The summed E-state index contributed by atoms with van der Waals surface area (Å²) in [4.78, 5) is 25.0. The van der Waals surface area contributed by atoms with Crippen LogP contribution in [0.15, 0.2) is 42.5 Å². The van der Waals surface area contributed by atoms with Crippen molar-refractivity contribution in [3.8, 4) is 0 Å². The number of hydrogen-bond donors (Lipinski definition) is 2. The zero-order valence-corrected chi connectivity index (χ0v) is 15.7. The van der Waals surface area contributed by atoms with E-state index in [2.05, 4.69) is 27.7 Å². The maximum atomic E-state index is 12.3. The Kier molecular flexibility index (Phi) is 5.93. The third-order valence-electron chi connectivity index (χ3n) is 4.60. The lowest BCUT2D eigenvalue weighted by atomic mass is 10.2. The van der Waals surface area contributed by atoms with E-state index in [1.54, 1.807) is 6.92 Å². The van der Waals surface area contributed by atoms with E-state index in [9.17, 15) is 14.9 Å². The molecule has 7 nitrogen and oxygen atoms in total. The number of aryl methyl sites for hydroxylation is 1. The standard InChI is InChI=1S/C19H21ClN4O3/c1-13-9-18(24(26)27)16(20)10-17(13)22-19(25)21-15-7-8-23(12-15)11-14-5-3-2-4-6-14/h2-6,9-10,15H,7-8,11-12H2,1H3,(H2,21,22,25)/t15-/m0/s1. The van der Waals surface area contributed by atoms with Gasteiger partial charge in [0.1, 0.15) is 5.02 Å². The van der Waals surface area contributed by atoms with E-state index in [0.717, 1.165) is 26.1 Å². The molecular weight excluding hydrogens is 368 g/mol. The monoisotopic (exact) mass is 388 g/mol. The summed E-state index contributed by atoms with van der Waals surface area (Å²) < 4.78 is 0. The van der Waals surface area contributed by atoms with E-state index in [4.69, 9.17) is 11.6 Å². The molecule has 1 fully saturated rings. The molecule has 0 unspecified atom stereocenters. The number of amides is 2. The van der Waals surface area contributed by atoms with Crippen LogP contribution in [-0.4, -0.2) is 35.0 Å². The highest BCUT2D eigenvalue weighted by molar-refractivity contribution is 6.33. The van der Waals surface area contributed by atoms with Gasteiger partial charge in [-0.15, -0.1) is 0 Å². The average Bonchev–Trinajstić information content (AvgIpc) is 3.05. The topological polar surface area (TPSA) is 87.5 Å². The molecule has 0 saturated carbocycles. The summed E-state index contributed by atoms with van der Waals surface area (Å²) in [6.07, 6.45) is 0.875. The number of hydrogen-bond acceptors (Lipinski definition) is 4. The van der Waals surface area contributed by atoms with Crippen molar-refractivity contribution in [1.82, 2.24) is 10.2 Å². The Morgan fingerprint density at radius 1 is 1.33 bits per heavy atom. The maximum absolute atomic E-state index is 12.3. The number of carbonyl (C=O) groups excluding carboxylic acids is 1. The van der Waals surface area contributed by atoms with Crippen LogP contribution in [0.25, 0.3) is 0 Å². The fourth-order valence-electron chi connectivity index (χ4n) is 3.22. The van der Waals surface area contributed by atoms with Gasteiger partial charge >= 0.3 is 6.03 Å². The minimum atomic E-state index is -0.543. The highest BCUT2D eigenvalue weighted by atomic mass is 35.5. The first-order valence-corrected chi connectivity index (χ1v) is 9.08. The van der Waals surface area contributed by atoms with Crippen LogP contribution >= 0.6 is 11.6 Å². The zero-order valence-electron chi connectivity index (χ0n) is 14.9. The molecule has 142 valence electrons. The van der Waals surface area contributed by atoms with E-state index in [1.165, 1.54) is 17.7 Å². The summed E-state index contributed by atoms with van der Waals surface area (Å²) in [5.41, 5.74) is 2.12. The third-order valence-corrected chi connectivity index (χ3v) is 4.90. The van der Waals surface area contributed by atoms with Crippen LogP contribution in [0.2, 0.25) is 5.02 Å². The molecule has 0 aromatic heterocycles. The Bertz CT molecular complexity index is 844. The minimum absolute atomic E-state index is 0.00389. The summed E-state index contributed by atoms with van der Waals surface area (Å²) in [6, 6.07) is 12.7. The third kappa shape index (κ3) is 4.96. The second-order valence-corrected chi connectivity index (χ2v) is 7.09. The smallest absolute Gasteiger partial charge is 0.319 e. The molecule has 1 saturated heterocycles. The van der Waals surface area contributed by atoms with Gasteiger partial charge in [0.25, 0.3) is 5.69 Å². The molecule has 3 rings (SSSR count). The summed E-state index contributed by atoms with van der Waals surface area (Å²) in [6.45, 7) is 4.25. The van der Waals surface area contributed by atoms with Gasteiger partial charge in [-0.2, -0.15) is 0 Å². The Morgan fingerprint density at radius 3 is 2.78 bits per heavy atom. The maximum Gasteiger partial charge on any atom is 0.319 e. The molecule has 1 atom stereocenters. The van der Waals surface area contributed by atoms with Crippen molar-refractivity contribution < 1.29 is 9.72 Å². The number of halogens is 1. The molecule has 2 amide bonds. The zero-order chi connectivity index (χ0) is 19.4. The van der Waals surface area contributed by atoms with Crippen molar-refractivity contribution >= 4 is 29.0 Å². The van der Waals surface area contributed by atoms with Crippen molar-refractivity contribution in [1.29, 1.82) is 0 Å². The van der Waals surface area contributed by atoms with E-state index < -0.39 is 4.92 Å². The second-order valence-electron chi connectivity index (χ2n) is 6.68. The Labute approximate surface area is 162 Å². The number of nitrogens with zero attached hydrogens (tertiary/aromatic N) is 2. The predicted molar refractivity (Wildman–Crippen MR) is 105 cm³/mol. The molecule has 8 heteroatoms. The van der Waals surface area contributed by atoms with Crippen LogP contribution in [-0.2, 0) is 6.54 Å². The van der Waals surface area contributed by atoms with Crippen LogP contribution < -0.4 is 10.6 Å². The number of nitro benzene ring substituents is 1. The van der Waals surface area contributed by atoms with Gasteiger partial charge in [-0.25, -0.2) is 4.79 Å². The van der Waals surface area contributed by atoms with Gasteiger partial charge in [0.15, 0.2) is 0 Å². The van der Waals surface area contributed by atoms with Gasteiger partial charge in [-0.1, -0.05) is 41.9 Å². The van der Waals surface area contributed by atoms with E-state index in [1.807, 2.05) is 18.2 Å². The lowest BCUT2D eigenvalue weighted by molar-refractivity contribution is -0.384. The number of nitrogens with one attached hydrogen (secondary N) is 2. The first-order valence-electron chi connectivity index (χ1n) is 8.70. The molecule has 0 radical (unpaired) electrons. The molecular formula is C19H21ClN4O3. The van der Waals surface area contributed by atoms with Gasteiger partial charge in [0, 0.05) is 37.4 Å². The lowest BCUT2D eigenvalue weighted by Gasteiger charge is -2.17. The summed E-state index contributed by atoms with van der Waals surface area (Å²) >= 11 is 5.93. The van der Waals surface area contributed by atoms with Crippen LogP contribution in [0.4, 0.5) is 16.2 Å². The van der Waals surface area contributed by atoms with Gasteiger partial charge < -0.3 is 10.6 Å². The molecule has 1 aliphatic heterocycles. The molecule has 1 aliphatic rings. The number of rotatable bonds is 5. The highest BCUT2D eigenvalue weighted by Crippen LogP contribution is 2.30. The number of anilines is 1. The van der Waals surface area contributed by atoms with Crippen LogP contribution in [0, 0.1) is 17.0 Å². The number of urea groups is 1. The van der Waals surface area contributed by atoms with Gasteiger partial charge in [0.2, 0.25) is 0 Å². The van der Waals surface area contributed by atoms with Crippen LogP contribution in [0.5, 0.6) is 0 Å². The number of nitro groups is 1. The first kappa shape index (κ1) is 19.1. The first-order chi connectivity index (χ1) is 12.9. The normalized spacial score (nSPS) is 16.9. The van der Waals surface area contributed by atoms with Crippen molar-refractivity contribution in [3.05, 3.63) is 68.7 Å². The SMILES string of the molecule is Cc1cc([N+](=O)[O-])c(Cl)cc1NC(=O)N[C@H]1CCN(Cc2ccccc2)C1. The predicted octanol–water partition coefficient (Wildman–Crippen LogP) is 3.95. The van der Waals surface area contributed by atoms with E-state index >= 15 is 0 Å². The summed E-state index contributed by atoms with van der Waals surface area (Å²) in [5.74, 6) is 0. The number of benzene rings is 2. The van der Waals surface area contributed by atoms with Gasteiger partial charge in [0.05, 0.1) is 4.92 Å². The summed E-state index contributed by atoms with van der Waals surface area (Å²) in [7, 11) is 0. The molecule has 2 N–H and O–H groups in total. The van der Waals surface area contributed by atoms with Crippen molar-refractivity contribution in [2.45, 2.75) is 25.9 Å². The molecule has 0 bridgehead atoms. The minimum Gasteiger partial charge on any atom is -0.334 e. The fourth-order valence-corrected chi connectivity index (χ4v) is 3.45. The molecule has 1 heterocycles. The van der Waals surface area contributed by atoms with E-state index in [0.29, 0.717) is 11.3 Å². The lowest BCUT2D eigenvalue weighted by Crippen LogP contribution is -2.39. The molecule has 0 aliphatic carbocycles. The largest absolute Gasteiger partial charge is 0.334 e. The van der Waals surface area contributed by atoms with E-state index in [-0.39, 0.29) is 22.8 Å². The van der Waals surface area contributed by atoms with Crippen LogP contribution in [0.1, 0.15) is 17.5 Å². The Morgan fingerprint density at radius 2 is 2.07 bits per heavy atom. The van der Waals surface area contributed by atoms with Gasteiger partial charge in [-0.05, 0) is 30.5 Å². The quantitative estimate of drug-likeness (QED) is 0.599. The van der Waals surface area contributed by atoms with Crippen molar-refractivity contribution in [2.75, 3.05) is 18.4 Å². The Hall–Kier alpha value is -2.64. The Balaban J connectivity index is 1.54. The van der Waals surface area contributed by atoms with Crippen LogP contribution in [0.3, 0.4) is 0 Å². The molecule has 2 aromatic carbocycles. The van der Waals surface area contributed by atoms with Gasteiger partial charge in [-0.3, -0.25) is 15.0 Å². The average molecular weight is 389 g/mol. The molecule has 27 heavy (non-hydrogen) atoms. The number of likely N-dealkylation sites (tertiary alicyclic amines) is 1. The highest BCUT2D eigenvalue weighted by Gasteiger charge is 2.24. The van der Waals surface area contributed by atoms with Crippen molar-refractivity contribution in [2.24, 2.45) is 0 Å². The summed E-state index contributed by atoms with van der Waals surface area (Å²) in [5, 5.41) is 16.6. The fraction of sp³-hybridized carbons (Fsp3) is 0.316. The molecule has 0 spiro atoms.